The minimum absolute atomic E-state index is 0.0433. The van der Waals surface area contributed by atoms with Crippen LogP contribution in [0.3, 0.4) is 0 Å². The fourth-order valence-electron chi connectivity index (χ4n) is 1.61. The van der Waals surface area contributed by atoms with Crippen molar-refractivity contribution in [1.29, 1.82) is 0 Å². The molecule has 1 rings (SSSR count). The van der Waals surface area contributed by atoms with E-state index in [0.29, 0.717) is 17.0 Å². The topological polar surface area (TPSA) is 63.4 Å². The van der Waals surface area contributed by atoms with Gasteiger partial charge >= 0.3 is 0 Å². The van der Waals surface area contributed by atoms with Crippen LogP contribution in [-0.2, 0) is 16.6 Å². The van der Waals surface area contributed by atoms with Gasteiger partial charge in [-0.15, -0.1) is 0 Å². The summed E-state index contributed by atoms with van der Waals surface area (Å²) in [4.78, 5) is 0.0433. The van der Waals surface area contributed by atoms with Gasteiger partial charge in [-0.05, 0) is 25.5 Å². The van der Waals surface area contributed by atoms with E-state index in [2.05, 4.69) is 0 Å². The summed E-state index contributed by atoms with van der Waals surface area (Å²) < 4.78 is 26.3. The van der Waals surface area contributed by atoms with E-state index in [1.165, 1.54) is 23.5 Å². The van der Waals surface area contributed by atoms with Gasteiger partial charge in [-0.25, -0.2) is 8.42 Å². The number of nitrogens with zero attached hydrogens (tertiary/aromatic N) is 1. The van der Waals surface area contributed by atoms with Crippen molar-refractivity contribution in [1.82, 2.24) is 4.31 Å². The molecule has 0 aliphatic rings. The van der Waals surface area contributed by atoms with Crippen molar-refractivity contribution in [3.63, 3.8) is 0 Å². The first-order valence-electron chi connectivity index (χ1n) is 5.92. The number of hydrogen-bond donors (Lipinski definition) is 1. The van der Waals surface area contributed by atoms with Crippen molar-refractivity contribution in [3.8, 4) is 0 Å². The van der Waals surface area contributed by atoms with Gasteiger partial charge in [0.1, 0.15) is 4.90 Å². The zero-order valence-electron chi connectivity index (χ0n) is 11.2. The van der Waals surface area contributed by atoms with E-state index in [1.807, 2.05) is 13.8 Å². The number of nitrogens with two attached hydrogens (primary N) is 1. The lowest BCUT2D eigenvalue weighted by molar-refractivity contribution is 0.380. The summed E-state index contributed by atoms with van der Waals surface area (Å²) in [7, 11) is -2.10. The van der Waals surface area contributed by atoms with Crippen molar-refractivity contribution >= 4 is 33.2 Å². The fraction of sp³-hybridized carbons (Fsp3) is 0.500. The van der Waals surface area contributed by atoms with Crippen LogP contribution in [0.1, 0.15) is 25.8 Å². The number of halogens is 2. The molecule has 0 fully saturated rings. The Morgan fingerprint density at radius 3 is 2.42 bits per heavy atom. The largest absolute Gasteiger partial charge is 0.326 e. The highest BCUT2D eigenvalue weighted by Crippen LogP contribution is 2.32. The monoisotopic (exact) mass is 324 g/mol. The lowest BCUT2D eigenvalue weighted by atomic mass is 10.2. The summed E-state index contributed by atoms with van der Waals surface area (Å²) in [6.45, 7) is 3.85. The van der Waals surface area contributed by atoms with Gasteiger partial charge in [0.05, 0.1) is 5.02 Å². The minimum Gasteiger partial charge on any atom is -0.326 e. The van der Waals surface area contributed by atoms with Crippen molar-refractivity contribution in [3.05, 3.63) is 27.7 Å². The van der Waals surface area contributed by atoms with Crippen LogP contribution >= 0.6 is 23.2 Å². The first-order chi connectivity index (χ1) is 8.77. The second kappa shape index (κ2) is 6.41. The summed E-state index contributed by atoms with van der Waals surface area (Å²) in [6, 6.07) is 2.81. The predicted octanol–water partition coefficient (Wildman–Crippen LogP) is 2.87. The third-order valence-corrected chi connectivity index (χ3v) is 6.14. The summed E-state index contributed by atoms with van der Waals surface area (Å²) in [6.07, 6.45) is 0.713. The van der Waals surface area contributed by atoms with E-state index in [4.69, 9.17) is 28.9 Å². The van der Waals surface area contributed by atoms with Crippen molar-refractivity contribution in [2.75, 3.05) is 7.05 Å². The quantitative estimate of drug-likeness (QED) is 0.905. The molecule has 1 unspecified atom stereocenters. The fourth-order valence-corrected chi connectivity index (χ4v) is 3.95. The van der Waals surface area contributed by atoms with Crippen LogP contribution in [0, 0.1) is 0 Å². The molecule has 0 saturated carbocycles. The molecule has 1 atom stereocenters. The van der Waals surface area contributed by atoms with E-state index in [9.17, 15) is 8.42 Å². The van der Waals surface area contributed by atoms with Gasteiger partial charge in [-0.3, -0.25) is 0 Å². The average Bonchev–Trinajstić information content (AvgIpc) is 2.37. The number of sulfonamides is 1. The van der Waals surface area contributed by atoms with E-state index < -0.39 is 10.0 Å². The molecule has 108 valence electrons. The second-order valence-electron chi connectivity index (χ2n) is 4.32. The third-order valence-electron chi connectivity index (χ3n) is 3.22. The molecule has 0 aliphatic carbocycles. The Bertz CT molecular complexity index is 561. The molecule has 7 heteroatoms. The van der Waals surface area contributed by atoms with Gasteiger partial charge in [0.15, 0.2) is 0 Å². The molecule has 0 saturated heterocycles. The second-order valence-corrected chi connectivity index (χ2v) is 7.07. The van der Waals surface area contributed by atoms with Crippen LogP contribution in [0.4, 0.5) is 0 Å². The molecule has 0 heterocycles. The Morgan fingerprint density at radius 1 is 1.37 bits per heavy atom. The molecule has 0 aliphatic heterocycles. The lowest BCUT2D eigenvalue weighted by Crippen LogP contribution is -2.34. The average molecular weight is 325 g/mol. The molecule has 0 bridgehead atoms. The maximum absolute atomic E-state index is 12.5. The van der Waals surface area contributed by atoms with E-state index >= 15 is 0 Å². The first-order valence-corrected chi connectivity index (χ1v) is 8.11. The van der Waals surface area contributed by atoms with Crippen molar-refractivity contribution < 1.29 is 8.42 Å². The molecular weight excluding hydrogens is 307 g/mol. The van der Waals surface area contributed by atoms with E-state index in [-0.39, 0.29) is 22.5 Å². The summed E-state index contributed by atoms with van der Waals surface area (Å²) in [5.74, 6) is 0. The van der Waals surface area contributed by atoms with Gasteiger partial charge in [0.2, 0.25) is 10.0 Å². The molecule has 0 radical (unpaired) electrons. The van der Waals surface area contributed by atoms with Crippen LogP contribution < -0.4 is 5.73 Å². The van der Waals surface area contributed by atoms with Gasteiger partial charge < -0.3 is 5.73 Å². The highest BCUT2D eigenvalue weighted by Gasteiger charge is 2.28. The van der Waals surface area contributed by atoms with Crippen LogP contribution in [0.5, 0.6) is 0 Å². The van der Waals surface area contributed by atoms with Crippen molar-refractivity contribution in [2.45, 2.75) is 37.8 Å². The summed E-state index contributed by atoms with van der Waals surface area (Å²) >= 11 is 12.1. The minimum atomic E-state index is -3.64. The molecule has 2 N–H and O–H groups in total. The molecule has 1 aromatic rings. The number of hydrogen-bond acceptors (Lipinski definition) is 3. The van der Waals surface area contributed by atoms with E-state index in [0.717, 1.165) is 0 Å². The SMILES string of the molecule is CCC(C)N(C)S(=O)(=O)c1ccc(Cl)c(CN)c1Cl. The Labute approximate surface area is 124 Å². The normalized spacial score (nSPS) is 13.8. The van der Waals surface area contributed by atoms with Crippen LogP contribution in [0.25, 0.3) is 0 Å². The predicted molar refractivity (Wildman–Crippen MR) is 79.1 cm³/mol. The number of benzene rings is 1. The Kier molecular flexibility index (Phi) is 5.65. The highest BCUT2D eigenvalue weighted by atomic mass is 35.5. The molecule has 0 aromatic heterocycles. The molecule has 0 amide bonds. The maximum Gasteiger partial charge on any atom is 0.244 e. The summed E-state index contributed by atoms with van der Waals surface area (Å²) in [5, 5.41) is 0.475. The van der Waals surface area contributed by atoms with Gasteiger partial charge in [-0.1, -0.05) is 30.1 Å². The standard InChI is InChI=1S/C12H18Cl2N2O2S/c1-4-8(2)16(3)19(17,18)11-6-5-10(13)9(7-15)12(11)14/h5-6,8H,4,7,15H2,1-3H3. The molecular formula is C12H18Cl2N2O2S. The third kappa shape index (κ3) is 3.23. The Balaban J connectivity index is 3.38. The molecule has 4 nitrogen and oxygen atoms in total. The smallest absolute Gasteiger partial charge is 0.244 e. The van der Waals surface area contributed by atoms with Crippen LogP contribution in [-0.4, -0.2) is 25.8 Å². The summed E-state index contributed by atoms with van der Waals surface area (Å²) in [5.41, 5.74) is 5.99. The van der Waals surface area contributed by atoms with Crippen LogP contribution in [0.2, 0.25) is 10.0 Å². The zero-order chi connectivity index (χ0) is 14.8. The highest BCUT2D eigenvalue weighted by molar-refractivity contribution is 7.89. The molecule has 1 aromatic carbocycles. The Hall–Kier alpha value is -0.330. The van der Waals surface area contributed by atoms with Gasteiger partial charge in [0.25, 0.3) is 0 Å². The zero-order valence-corrected chi connectivity index (χ0v) is 13.5. The number of rotatable bonds is 5. The van der Waals surface area contributed by atoms with Gasteiger partial charge in [0, 0.05) is 30.2 Å². The lowest BCUT2D eigenvalue weighted by Gasteiger charge is -2.24. The van der Waals surface area contributed by atoms with Crippen molar-refractivity contribution in [2.24, 2.45) is 5.73 Å². The first kappa shape index (κ1) is 16.7. The van der Waals surface area contributed by atoms with Crippen LogP contribution in [0.15, 0.2) is 17.0 Å². The Morgan fingerprint density at radius 2 is 1.95 bits per heavy atom. The molecule has 19 heavy (non-hydrogen) atoms. The molecule has 0 spiro atoms. The maximum atomic E-state index is 12.5. The van der Waals surface area contributed by atoms with Gasteiger partial charge in [-0.2, -0.15) is 4.31 Å². The van der Waals surface area contributed by atoms with E-state index in [1.54, 1.807) is 0 Å².